The van der Waals surface area contributed by atoms with E-state index in [9.17, 15) is 4.79 Å². The van der Waals surface area contributed by atoms with Gasteiger partial charge >= 0.3 is 0 Å². The highest BCUT2D eigenvalue weighted by molar-refractivity contribution is 7.17. The summed E-state index contributed by atoms with van der Waals surface area (Å²) in [6.45, 7) is 6.00. The minimum Gasteiger partial charge on any atom is -0.356 e. The largest absolute Gasteiger partial charge is 0.356 e. The van der Waals surface area contributed by atoms with Crippen molar-refractivity contribution < 1.29 is 4.79 Å². The van der Waals surface area contributed by atoms with E-state index in [1.54, 1.807) is 11.3 Å². The van der Waals surface area contributed by atoms with Crippen molar-refractivity contribution in [3.05, 3.63) is 24.5 Å². The number of hydrogen-bond acceptors (Lipinski definition) is 6. The van der Waals surface area contributed by atoms with E-state index in [2.05, 4.69) is 25.3 Å². The molecule has 2 saturated heterocycles. The molecular weight excluding hydrogens is 360 g/mol. The molecule has 4 heterocycles. The average Bonchev–Trinajstić information content (AvgIpc) is 3.47. The zero-order chi connectivity index (χ0) is 18.5. The molecule has 0 spiro atoms. The van der Waals surface area contributed by atoms with Crippen LogP contribution >= 0.6 is 11.3 Å². The van der Waals surface area contributed by atoms with Crippen LogP contribution in [0.1, 0.15) is 32.1 Å². The number of nitrogens with zero attached hydrogens (tertiary/aromatic N) is 5. The molecule has 2 fully saturated rings. The minimum absolute atomic E-state index is 0.0458. The van der Waals surface area contributed by atoms with Crippen molar-refractivity contribution in [3.63, 3.8) is 0 Å². The molecule has 146 valence electrons. The summed E-state index contributed by atoms with van der Waals surface area (Å²) >= 11 is 1.58. The Morgan fingerprint density at radius 1 is 1.11 bits per heavy atom. The Balaban J connectivity index is 1.25. The first-order valence-electron chi connectivity index (χ1n) is 10.0. The van der Waals surface area contributed by atoms with Gasteiger partial charge in [-0.05, 0) is 63.9 Å². The molecule has 4 rings (SSSR count). The van der Waals surface area contributed by atoms with E-state index in [1.165, 1.54) is 25.9 Å². The van der Waals surface area contributed by atoms with Gasteiger partial charge in [0.1, 0.15) is 0 Å². The molecule has 2 aliphatic heterocycles. The first-order valence-corrected chi connectivity index (χ1v) is 10.8. The van der Waals surface area contributed by atoms with E-state index in [4.69, 9.17) is 0 Å². The Morgan fingerprint density at radius 2 is 1.89 bits per heavy atom. The summed E-state index contributed by atoms with van der Waals surface area (Å²) in [6, 6.07) is 3.96. The number of aromatic nitrogens is 3. The first-order chi connectivity index (χ1) is 13.3. The van der Waals surface area contributed by atoms with Crippen molar-refractivity contribution in [3.8, 4) is 5.13 Å². The van der Waals surface area contributed by atoms with Gasteiger partial charge in [-0.1, -0.05) is 11.3 Å². The third-order valence-electron chi connectivity index (χ3n) is 5.44. The van der Waals surface area contributed by atoms with Crippen LogP contribution in [0.2, 0.25) is 0 Å². The van der Waals surface area contributed by atoms with Gasteiger partial charge < -0.3 is 15.1 Å². The van der Waals surface area contributed by atoms with Gasteiger partial charge in [0.2, 0.25) is 16.2 Å². The summed E-state index contributed by atoms with van der Waals surface area (Å²) in [5.41, 5.74) is 0. The number of carbonyl (C=O) groups excluding carboxylic acids is 1. The first kappa shape index (κ1) is 18.4. The molecule has 0 bridgehead atoms. The summed E-state index contributed by atoms with van der Waals surface area (Å²) in [7, 11) is 0. The Hall–Kier alpha value is -1.93. The Bertz CT molecular complexity index is 724. The molecule has 27 heavy (non-hydrogen) atoms. The third-order valence-corrected chi connectivity index (χ3v) is 6.44. The quantitative estimate of drug-likeness (QED) is 0.736. The van der Waals surface area contributed by atoms with Gasteiger partial charge in [0.15, 0.2) is 0 Å². The maximum atomic E-state index is 12.6. The molecule has 1 atom stereocenters. The summed E-state index contributed by atoms with van der Waals surface area (Å²) in [6.07, 6.45) is 9.60. The fraction of sp³-hybridized carbons (Fsp3) is 0.632. The lowest BCUT2D eigenvalue weighted by atomic mass is 9.97. The minimum atomic E-state index is 0.0458. The molecule has 0 radical (unpaired) electrons. The molecule has 0 saturated carbocycles. The summed E-state index contributed by atoms with van der Waals surface area (Å²) in [4.78, 5) is 17.3. The van der Waals surface area contributed by atoms with Crippen LogP contribution in [0.3, 0.4) is 0 Å². The van der Waals surface area contributed by atoms with Crippen molar-refractivity contribution in [1.29, 1.82) is 0 Å². The summed E-state index contributed by atoms with van der Waals surface area (Å²) < 4.78 is 1.97. The van der Waals surface area contributed by atoms with E-state index in [-0.39, 0.29) is 11.8 Å². The second-order valence-electron chi connectivity index (χ2n) is 7.44. The lowest BCUT2D eigenvalue weighted by Crippen LogP contribution is -2.43. The molecule has 0 aliphatic carbocycles. The van der Waals surface area contributed by atoms with Crippen LogP contribution in [-0.4, -0.2) is 64.8 Å². The lowest BCUT2D eigenvalue weighted by Gasteiger charge is -2.31. The predicted molar refractivity (Wildman–Crippen MR) is 107 cm³/mol. The monoisotopic (exact) mass is 388 g/mol. The number of nitrogens with one attached hydrogen (secondary N) is 1. The number of rotatable bonds is 7. The van der Waals surface area contributed by atoms with E-state index in [0.29, 0.717) is 0 Å². The Labute approximate surface area is 164 Å². The fourth-order valence-electron chi connectivity index (χ4n) is 3.93. The lowest BCUT2D eigenvalue weighted by molar-refractivity contribution is -0.125. The highest BCUT2D eigenvalue weighted by Gasteiger charge is 2.27. The van der Waals surface area contributed by atoms with Gasteiger partial charge in [0, 0.05) is 32.0 Å². The normalized spacial score (nSPS) is 20.9. The molecule has 8 heteroatoms. The highest BCUT2D eigenvalue weighted by atomic mass is 32.1. The van der Waals surface area contributed by atoms with Crippen molar-refractivity contribution >= 4 is 22.4 Å². The highest BCUT2D eigenvalue weighted by Crippen LogP contribution is 2.27. The van der Waals surface area contributed by atoms with Gasteiger partial charge in [0.05, 0.1) is 5.92 Å². The molecule has 7 nitrogen and oxygen atoms in total. The molecule has 1 amide bonds. The number of carbonyl (C=O) groups is 1. The van der Waals surface area contributed by atoms with Gasteiger partial charge in [-0.25, -0.2) is 0 Å². The zero-order valence-corrected chi connectivity index (χ0v) is 16.5. The van der Waals surface area contributed by atoms with E-state index in [0.717, 1.165) is 55.7 Å². The van der Waals surface area contributed by atoms with E-state index >= 15 is 0 Å². The van der Waals surface area contributed by atoms with Crippen LogP contribution in [0.5, 0.6) is 0 Å². The van der Waals surface area contributed by atoms with Crippen LogP contribution < -0.4 is 10.2 Å². The van der Waals surface area contributed by atoms with E-state index in [1.807, 2.05) is 29.1 Å². The standard InChI is InChI=1S/C19H28N6OS/c26-17(20-8-6-11-23-9-1-2-10-23)16-7-5-14-25(15-16)19-22-21-18(27-19)24-12-3-4-13-24/h3-4,12-13,16H,1-2,5-11,14-15H2,(H,20,26)/t16-/m1/s1. The number of likely N-dealkylation sites (tertiary alicyclic amines) is 1. The number of hydrogen-bond donors (Lipinski definition) is 1. The van der Waals surface area contributed by atoms with Crippen LogP contribution in [0.25, 0.3) is 5.13 Å². The van der Waals surface area contributed by atoms with Gasteiger partial charge in [-0.15, -0.1) is 10.2 Å². The van der Waals surface area contributed by atoms with Crippen LogP contribution in [0, 0.1) is 5.92 Å². The third kappa shape index (κ3) is 4.68. The second-order valence-corrected chi connectivity index (χ2v) is 8.37. The average molecular weight is 389 g/mol. The van der Waals surface area contributed by atoms with Gasteiger partial charge in [-0.2, -0.15) is 0 Å². The maximum Gasteiger partial charge on any atom is 0.224 e. The molecule has 0 aromatic carbocycles. The molecule has 1 N–H and O–H groups in total. The van der Waals surface area contributed by atoms with Crippen molar-refractivity contribution in [2.45, 2.75) is 32.1 Å². The fourth-order valence-corrected chi connectivity index (χ4v) is 4.78. The van der Waals surface area contributed by atoms with Gasteiger partial charge in [-0.3, -0.25) is 9.36 Å². The number of piperidine rings is 1. The zero-order valence-electron chi connectivity index (χ0n) is 15.7. The van der Waals surface area contributed by atoms with E-state index < -0.39 is 0 Å². The maximum absolute atomic E-state index is 12.6. The van der Waals surface area contributed by atoms with Crippen LogP contribution in [0.15, 0.2) is 24.5 Å². The van der Waals surface area contributed by atoms with Crippen LogP contribution in [0.4, 0.5) is 5.13 Å². The SMILES string of the molecule is O=C(NCCCN1CCCC1)[C@@H]1CCCN(c2nnc(-n3cccc3)s2)C1. The Kier molecular flexibility index (Phi) is 6.03. The number of amides is 1. The van der Waals surface area contributed by atoms with Crippen molar-refractivity contribution in [1.82, 2.24) is 25.0 Å². The molecule has 0 unspecified atom stereocenters. The molecular formula is C19H28N6OS. The van der Waals surface area contributed by atoms with Crippen molar-refractivity contribution in [2.24, 2.45) is 5.92 Å². The van der Waals surface area contributed by atoms with Crippen LogP contribution in [-0.2, 0) is 4.79 Å². The summed E-state index contributed by atoms with van der Waals surface area (Å²) in [5.74, 6) is 0.237. The van der Waals surface area contributed by atoms with Gasteiger partial charge in [0.25, 0.3) is 0 Å². The van der Waals surface area contributed by atoms with Crippen molar-refractivity contribution in [2.75, 3.05) is 44.2 Å². The second kappa shape index (κ2) is 8.84. The predicted octanol–water partition coefficient (Wildman–Crippen LogP) is 2.15. The summed E-state index contributed by atoms with van der Waals surface area (Å²) in [5, 5.41) is 13.6. The topological polar surface area (TPSA) is 66.3 Å². The molecule has 2 aliphatic rings. The molecule has 2 aromatic rings. The molecule has 2 aromatic heterocycles. The Morgan fingerprint density at radius 3 is 2.70 bits per heavy atom. The number of anilines is 1. The smallest absolute Gasteiger partial charge is 0.224 e.